The fraction of sp³-hybridized carbons (Fsp3) is 0.182. The first-order valence-electron chi connectivity index (χ1n) is 4.59. The summed E-state index contributed by atoms with van der Waals surface area (Å²) in [4.78, 5) is 4.22. The molecule has 0 atom stereocenters. The summed E-state index contributed by atoms with van der Waals surface area (Å²) in [5.41, 5.74) is 6.54. The maximum atomic E-state index is 5.66. The molecule has 1 heterocycles. The van der Waals surface area contributed by atoms with E-state index in [0.29, 0.717) is 12.4 Å². The lowest BCUT2D eigenvalue weighted by molar-refractivity contribution is 0.344. The third kappa shape index (κ3) is 1.48. The average molecular weight is 188 g/mol. The third-order valence-electron chi connectivity index (χ3n) is 2.00. The fourth-order valence-electron chi connectivity index (χ4n) is 1.44. The van der Waals surface area contributed by atoms with Gasteiger partial charge in [-0.25, -0.2) is 4.98 Å². The van der Waals surface area contributed by atoms with Gasteiger partial charge in [-0.05, 0) is 19.1 Å². The van der Waals surface area contributed by atoms with Crippen molar-refractivity contribution in [2.45, 2.75) is 6.92 Å². The van der Waals surface area contributed by atoms with E-state index < -0.39 is 0 Å². The van der Waals surface area contributed by atoms with Gasteiger partial charge < -0.3 is 10.5 Å². The molecule has 1 aromatic carbocycles. The van der Waals surface area contributed by atoms with Gasteiger partial charge >= 0.3 is 0 Å². The minimum absolute atomic E-state index is 0.493. The largest absolute Gasteiger partial charge is 0.493 e. The Morgan fingerprint density at radius 3 is 2.93 bits per heavy atom. The number of anilines is 1. The average Bonchev–Trinajstić information content (AvgIpc) is 2.18. The van der Waals surface area contributed by atoms with Crippen LogP contribution >= 0.6 is 0 Å². The lowest BCUT2D eigenvalue weighted by Gasteiger charge is -2.07. The van der Waals surface area contributed by atoms with Crippen molar-refractivity contribution in [2.75, 3.05) is 12.3 Å². The highest BCUT2D eigenvalue weighted by molar-refractivity contribution is 5.86. The van der Waals surface area contributed by atoms with Crippen molar-refractivity contribution in [3.05, 3.63) is 30.3 Å². The number of para-hydroxylation sites is 1. The van der Waals surface area contributed by atoms with Crippen LogP contribution in [0, 0.1) is 0 Å². The molecule has 1 aromatic heterocycles. The Morgan fingerprint density at radius 2 is 2.14 bits per heavy atom. The highest BCUT2D eigenvalue weighted by Crippen LogP contribution is 2.25. The zero-order valence-corrected chi connectivity index (χ0v) is 8.03. The van der Waals surface area contributed by atoms with Gasteiger partial charge in [-0.3, -0.25) is 0 Å². The summed E-state index contributed by atoms with van der Waals surface area (Å²) in [6.45, 7) is 2.58. The van der Waals surface area contributed by atoms with Crippen molar-refractivity contribution in [3.63, 3.8) is 0 Å². The first-order chi connectivity index (χ1) is 6.81. The molecule has 2 N–H and O–H groups in total. The number of nitrogens with zero attached hydrogens (tertiary/aromatic N) is 1. The molecule has 0 saturated carbocycles. The second-order valence-corrected chi connectivity index (χ2v) is 3.00. The quantitative estimate of drug-likeness (QED) is 0.786. The summed E-state index contributed by atoms with van der Waals surface area (Å²) < 4.78 is 5.48. The molecule has 0 aliphatic carbocycles. The van der Waals surface area contributed by atoms with Crippen LogP contribution in [0.3, 0.4) is 0 Å². The van der Waals surface area contributed by atoms with E-state index in [0.717, 1.165) is 16.7 Å². The lowest BCUT2D eigenvalue weighted by Crippen LogP contribution is -1.96. The van der Waals surface area contributed by atoms with E-state index in [1.807, 2.05) is 31.2 Å². The van der Waals surface area contributed by atoms with Gasteiger partial charge in [-0.2, -0.15) is 0 Å². The van der Waals surface area contributed by atoms with Gasteiger partial charge in [0.25, 0.3) is 0 Å². The molecule has 2 rings (SSSR count). The van der Waals surface area contributed by atoms with Crippen LogP contribution in [0.1, 0.15) is 6.92 Å². The number of fused-ring (bicyclic) bond motifs is 1. The summed E-state index contributed by atoms with van der Waals surface area (Å²) in [5, 5.41) is 1.00. The number of ether oxygens (including phenoxy) is 1. The first-order valence-corrected chi connectivity index (χ1v) is 4.59. The van der Waals surface area contributed by atoms with Gasteiger partial charge in [0, 0.05) is 11.5 Å². The predicted octanol–water partition coefficient (Wildman–Crippen LogP) is 2.22. The van der Waals surface area contributed by atoms with Crippen molar-refractivity contribution in [2.24, 2.45) is 0 Å². The summed E-state index contributed by atoms with van der Waals surface area (Å²) >= 11 is 0. The third-order valence-corrected chi connectivity index (χ3v) is 2.00. The van der Waals surface area contributed by atoms with Crippen LogP contribution in [0.2, 0.25) is 0 Å². The molecular formula is C11H12N2O. The number of hydrogen-bond donors (Lipinski definition) is 1. The summed E-state index contributed by atoms with van der Waals surface area (Å²) in [5.74, 6) is 1.29. The van der Waals surface area contributed by atoms with E-state index in [9.17, 15) is 0 Å². The summed E-state index contributed by atoms with van der Waals surface area (Å²) in [6, 6.07) is 9.56. The number of pyridine rings is 1. The zero-order chi connectivity index (χ0) is 9.97. The van der Waals surface area contributed by atoms with Crippen molar-refractivity contribution in [3.8, 4) is 5.75 Å². The van der Waals surface area contributed by atoms with E-state index in [1.165, 1.54) is 0 Å². The van der Waals surface area contributed by atoms with Crippen LogP contribution < -0.4 is 10.5 Å². The molecule has 0 aliphatic heterocycles. The smallest absolute Gasteiger partial charge is 0.132 e. The lowest BCUT2D eigenvalue weighted by atomic mass is 10.2. The van der Waals surface area contributed by atoms with E-state index in [1.54, 1.807) is 6.07 Å². The Bertz CT molecular complexity index is 454. The molecular weight excluding hydrogens is 176 g/mol. The van der Waals surface area contributed by atoms with E-state index in [2.05, 4.69) is 4.98 Å². The van der Waals surface area contributed by atoms with Gasteiger partial charge in [0.1, 0.15) is 11.6 Å². The Hall–Kier alpha value is -1.77. The molecule has 0 radical (unpaired) electrons. The maximum Gasteiger partial charge on any atom is 0.132 e. The second-order valence-electron chi connectivity index (χ2n) is 3.00. The summed E-state index contributed by atoms with van der Waals surface area (Å²) in [7, 11) is 0. The Kier molecular flexibility index (Phi) is 2.23. The first kappa shape index (κ1) is 8.81. The Balaban J connectivity index is 2.67. The molecule has 3 nitrogen and oxygen atoms in total. The number of rotatable bonds is 2. The van der Waals surface area contributed by atoms with Crippen LogP contribution in [0.4, 0.5) is 5.82 Å². The van der Waals surface area contributed by atoms with Gasteiger partial charge in [0.05, 0.1) is 12.1 Å². The standard InChI is InChI=1S/C11H12N2O/c1-2-14-10-7-11(12)13-9-6-4-3-5-8(9)10/h3-7H,2H2,1H3,(H2,12,13). The minimum atomic E-state index is 0.493. The number of benzene rings is 1. The van der Waals surface area contributed by atoms with Crippen molar-refractivity contribution < 1.29 is 4.74 Å². The van der Waals surface area contributed by atoms with Crippen LogP contribution in [0.25, 0.3) is 10.9 Å². The molecule has 0 fully saturated rings. The van der Waals surface area contributed by atoms with Gasteiger partial charge in [0.2, 0.25) is 0 Å². The Morgan fingerprint density at radius 1 is 1.36 bits per heavy atom. The van der Waals surface area contributed by atoms with Crippen LogP contribution in [-0.2, 0) is 0 Å². The highest BCUT2D eigenvalue weighted by Gasteiger charge is 2.03. The fourth-order valence-corrected chi connectivity index (χ4v) is 1.44. The molecule has 2 aromatic rings. The van der Waals surface area contributed by atoms with Gasteiger partial charge in [0.15, 0.2) is 0 Å². The number of aromatic nitrogens is 1. The molecule has 0 aliphatic rings. The SMILES string of the molecule is CCOc1cc(N)nc2ccccc12. The van der Waals surface area contributed by atoms with Gasteiger partial charge in [-0.1, -0.05) is 12.1 Å². The summed E-state index contributed by atoms with van der Waals surface area (Å²) in [6.07, 6.45) is 0. The molecule has 14 heavy (non-hydrogen) atoms. The molecule has 3 heteroatoms. The maximum absolute atomic E-state index is 5.66. The van der Waals surface area contributed by atoms with Crippen LogP contribution in [-0.4, -0.2) is 11.6 Å². The predicted molar refractivity (Wildman–Crippen MR) is 57.3 cm³/mol. The Labute approximate surface area is 82.5 Å². The van der Waals surface area contributed by atoms with Crippen molar-refractivity contribution in [1.29, 1.82) is 0 Å². The molecule has 0 saturated heterocycles. The molecule has 0 spiro atoms. The number of hydrogen-bond acceptors (Lipinski definition) is 3. The van der Waals surface area contributed by atoms with Crippen molar-refractivity contribution >= 4 is 16.7 Å². The molecule has 72 valence electrons. The van der Waals surface area contributed by atoms with Gasteiger partial charge in [-0.15, -0.1) is 0 Å². The van der Waals surface area contributed by atoms with Crippen molar-refractivity contribution in [1.82, 2.24) is 4.98 Å². The molecule has 0 unspecified atom stereocenters. The van der Waals surface area contributed by atoms with E-state index in [-0.39, 0.29) is 0 Å². The monoisotopic (exact) mass is 188 g/mol. The molecule has 0 amide bonds. The zero-order valence-electron chi connectivity index (χ0n) is 8.03. The minimum Gasteiger partial charge on any atom is -0.493 e. The van der Waals surface area contributed by atoms with E-state index >= 15 is 0 Å². The van der Waals surface area contributed by atoms with Crippen LogP contribution in [0.5, 0.6) is 5.75 Å². The second kappa shape index (κ2) is 3.54. The number of nitrogens with two attached hydrogens (primary N) is 1. The van der Waals surface area contributed by atoms with Crippen LogP contribution in [0.15, 0.2) is 30.3 Å². The molecule has 0 bridgehead atoms. The topological polar surface area (TPSA) is 48.1 Å². The van der Waals surface area contributed by atoms with E-state index in [4.69, 9.17) is 10.5 Å². The normalized spacial score (nSPS) is 10.4. The highest BCUT2D eigenvalue weighted by atomic mass is 16.5. The number of nitrogen functional groups attached to an aromatic ring is 1.